The lowest BCUT2D eigenvalue weighted by molar-refractivity contribution is -0.137. The Labute approximate surface area is 176 Å². The molecule has 4 rings (SSSR count). The molecular formula is C22H21F4N3O2. The molecule has 0 spiro atoms. The number of hydrogen-bond donors (Lipinski definition) is 0. The molecule has 0 aliphatic carbocycles. The molecule has 2 saturated heterocycles. The summed E-state index contributed by atoms with van der Waals surface area (Å²) in [7, 11) is 0. The molecule has 0 N–H and O–H groups in total. The molecule has 2 aromatic carbocycles. The van der Waals surface area contributed by atoms with Gasteiger partial charge in [-0.2, -0.15) is 13.2 Å². The number of amides is 2. The van der Waals surface area contributed by atoms with Gasteiger partial charge in [0, 0.05) is 50.5 Å². The molecule has 2 aliphatic rings. The van der Waals surface area contributed by atoms with E-state index in [0.717, 1.165) is 17.8 Å². The predicted molar refractivity (Wildman–Crippen MR) is 107 cm³/mol. The summed E-state index contributed by atoms with van der Waals surface area (Å²) in [6.07, 6.45) is -4.52. The molecule has 5 nitrogen and oxygen atoms in total. The SMILES string of the molecule is O=C(C1CC(=O)N(c2cccc(C(F)(F)F)c2)C1)N1CCN(c2ccc(F)cc2)CC1. The largest absolute Gasteiger partial charge is 0.416 e. The van der Waals surface area contributed by atoms with Gasteiger partial charge < -0.3 is 14.7 Å². The minimum atomic E-state index is -4.50. The third-order valence-corrected chi connectivity index (χ3v) is 5.74. The first-order chi connectivity index (χ1) is 14.7. The first-order valence-corrected chi connectivity index (χ1v) is 9.99. The van der Waals surface area contributed by atoms with Crippen LogP contribution in [0.5, 0.6) is 0 Å². The zero-order chi connectivity index (χ0) is 22.2. The fourth-order valence-corrected chi connectivity index (χ4v) is 4.07. The number of nitrogens with zero attached hydrogens (tertiary/aromatic N) is 3. The highest BCUT2D eigenvalue weighted by Gasteiger charge is 2.39. The van der Waals surface area contributed by atoms with E-state index in [-0.39, 0.29) is 36.3 Å². The summed E-state index contributed by atoms with van der Waals surface area (Å²) in [5.74, 6) is -1.42. The van der Waals surface area contributed by atoms with E-state index in [2.05, 4.69) is 4.90 Å². The third-order valence-electron chi connectivity index (χ3n) is 5.74. The Morgan fingerprint density at radius 2 is 1.61 bits per heavy atom. The highest BCUT2D eigenvalue weighted by atomic mass is 19.4. The number of piperazine rings is 1. The van der Waals surface area contributed by atoms with Crippen LogP contribution in [-0.2, 0) is 15.8 Å². The maximum absolute atomic E-state index is 13.1. The van der Waals surface area contributed by atoms with Crippen LogP contribution in [0.3, 0.4) is 0 Å². The number of alkyl halides is 3. The highest BCUT2D eigenvalue weighted by Crippen LogP contribution is 2.34. The van der Waals surface area contributed by atoms with Gasteiger partial charge in [0.2, 0.25) is 11.8 Å². The maximum Gasteiger partial charge on any atom is 0.416 e. The van der Waals surface area contributed by atoms with E-state index >= 15 is 0 Å². The molecule has 0 saturated carbocycles. The molecule has 2 fully saturated rings. The van der Waals surface area contributed by atoms with E-state index in [1.165, 1.54) is 29.2 Å². The van der Waals surface area contributed by atoms with E-state index < -0.39 is 17.7 Å². The van der Waals surface area contributed by atoms with E-state index in [4.69, 9.17) is 0 Å². The number of carbonyl (C=O) groups is 2. The smallest absolute Gasteiger partial charge is 0.368 e. The second kappa shape index (κ2) is 8.20. The Hall–Kier alpha value is -3.10. The number of anilines is 2. The highest BCUT2D eigenvalue weighted by molar-refractivity contribution is 6.00. The third kappa shape index (κ3) is 4.50. The Bertz CT molecular complexity index is 969. The van der Waals surface area contributed by atoms with Gasteiger partial charge in [-0.15, -0.1) is 0 Å². The van der Waals surface area contributed by atoms with Crippen LogP contribution in [0.15, 0.2) is 48.5 Å². The van der Waals surface area contributed by atoms with Crippen LogP contribution in [0.4, 0.5) is 28.9 Å². The molecule has 1 atom stereocenters. The van der Waals surface area contributed by atoms with Crippen LogP contribution < -0.4 is 9.80 Å². The molecule has 0 radical (unpaired) electrons. The average molecular weight is 435 g/mol. The van der Waals surface area contributed by atoms with Crippen molar-refractivity contribution in [3.8, 4) is 0 Å². The Balaban J connectivity index is 1.38. The molecule has 9 heteroatoms. The molecule has 0 aromatic heterocycles. The Morgan fingerprint density at radius 3 is 2.26 bits per heavy atom. The predicted octanol–water partition coefficient (Wildman–Crippen LogP) is 3.55. The van der Waals surface area contributed by atoms with Crippen LogP contribution in [0.1, 0.15) is 12.0 Å². The topological polar surface area (TPSA) is 43.9 Å². The summed E-state index contributed by atoms with van der Waals surface area (Å²) >= 11 is 0. The fraction of sp³-hybridized carbons (Fsp3) is 0.364. The van der Waals surface area contributed by atoms with E-state index in [0.29, 0.717) is 26.2 Å². The summed E-state index contributed by atoms with van der Waals surface area (Å²) in [5.41, 5.74) is 0.195. The van der Waals surface area contributed by atoms with Gasteiger partial charge >= 0.3 is 6.18 Å². The first-order valence-electron chi connectivity index (χ1n) is 9.99. The average Bonchev–Trinajstić information content (AvgIpc) is 3.15. The molecule has 2 aromatic rings. The van der Waals surface area contributed by atoms with Crippen LogP contribution in [-0.4, -0.2) is 49.4 Å². The van der Waals surface area contributed by atoms with Crippen molar-refractivity contribution in [1.29, 1.82) is 0 Å². The summed E-state index contributed by atoms with van der Waals surface area (Å²) in [5, 5.41) is 0. The number of halogens is 4. The number of benzene rings is 2. The Morgan fingerprint density at radius 1 is 0.935 bits per heavy atom. The van der Waals surface area contributed by atoms with Crippen LogP contribution in [0.25, 0.3) is 0 Å². The molecule has 164 valence electrons. The number of carbonyl (C=O) groups excluding carboxylic acids is 2. The van der Waals surface area contributed by atoms with Crippen molar-refractivity contribution in [2.45, 2.75) is 12.6 Å². The van der Waals surface area contributed by atoms with Crippen LogP contribution in [0, 0.1) is 11.7 Å². The lowest BCUT2D eigenvalue weighted by Gasteiger charge is -2.37. The number of rotatable bonds is 3. The van der Waals surface area contributed by atoms with Gasteiger partial charge in [-0.3, -0.25) is 9.59 Å². The van der Waals surface area contributed by atoms with Crippen LogP contribution >= 0.6 is 0 Å². The van der Waals surface area contributed by atoms with Crippen molar-refractivity contribution in [2.75, 3.05) is 42.5 Å². The van der Waals surface area contributed by atoms with Crippen molar-refractivity contribution < 1.29 is 27.2 Å². The molecule has 2 amide bonds. The minimum Gasteiger partial charge on any atom is -0.368 e. The maximum atomic E-state index is 13.1. The first kappa shape index (κ1) is 21.1. The van der Waals surface area contributed by atoms with Gasteiger partial charge in [0.15, 0.2) is 0 Å². The van der Waals surface area contributed by atoms with E-state index in [1.54, 1.807) is 17.0 Å². The van der Waals surface area contributed by atoms with Gasteiger partial charge in [-0.25, -0.2) is 4.39 Å². The normalized spacial score (nSPS) is 19.8. The van der Waals surface area contributed by atoms with Gasteiger partial charge in [0.05, 0.1) is 11.5 Å². The molecule has 1 unspecified atom stereocenters. The second-order valence-corrected chi connectivity index (χ2v) is 7.74. The van der Waals surface area contributed by atoms with Crippen molar-refractivity contribution in [3.05, 3.63) is 59.9 Å². The van der Waals surface area contributed by atoms with Gasteiger partial charge in [0.1, 0.15) is 5.82 Å². The second-order valence-electron chi connectivity index (χ2n) is 7.74. The van der Waals surface area contributed by atoms with Crippen molar-refractivity contribution in [3.63, 3.8) is 0 Å². The molecule has 2 aliphatic heterocycles. The summed E-state index contributed by atoms with van der Waals surface area (Å²) in [6, 6.07) is 10.7. The summed E-state index contributed by atoms with van der Waals surface area (Å²) < 4.78 is 52.1. The summed E-state index contributed by atoms with van der Waals surface area (Å²) in [6.45, 7) is 2.15. The minimum absolute atomic E-state index is 0.0206. The van der Waals surface area contributed by atoms with Crippen molar-refractivity contribution in [2.24, 2.45) is 5.92 Å². The molecule has 2 heterocycles. The van der Waals surface area contributed by atoms with E-state index in [9.17, 15) is 27.2 Å². The monoisotopic (exact) mass is 435 g/mol. The van der Waals surface area contributed by atoms with Crippen LogP contribution in [0.2, 0.25) is 0 Å². The standard InChI is InChI=1S/C22H21F4N3O2/c23-17-4-6-18(7-5-17)27-8-10-28(11-9-27)21(31)15-12-20(30)29(14-15)19-3-1-2-16(13-19)22(24,25)26/h1-7,13,15H,8-12,14H2. The molecule has 0 bridgehead atoms. The number of hydrogen-bond acceptors (Lipinski definition) is 3. The zero-order valence-electron chi connectivity index (χ0n) is 16.6. The zero-order valence-corrected chi connectivity index (χ0v) is 16.6. The lowest BCUT2D eigenvalue weighted by atomic mass is 10.1. The van der Waals surface area contributed by atoms with Crippen molar-refractivity contribution in [1.82, 2.24) is 4.90 Å². The fourth-order valence-electron chi connectivity index (χ4n) is 4.07. The molecule has 31 heavy (non-hydrogen) atoms. The van der Waals surface area contributed by atoms with Gasteiger partial charge in [-0.05, 0) is 42.5 Å². The van der Waals surface area contributed by atoms with Crippen molar-refractivity contribution >= 4 is 23.2 Å². The quantitative estimate of drug-likeness (QED) is 0.693. The summed E-state index contributed by atoms with van der Waals surface area (Å²) in [4.78, 5) is 30.4. The lowest BCUT2D eigenvalue weighted by Crippen LogP contribution is -2.50. The van der Waals surface area contributed by atoms with Gasteiger partial charge in [-0.1, -0.05) is 6.07 Å². The Kier molecular flexibility index (Phi) is 5.60. The van der Waals surface area contributed by atoms with Gasteiger partial charge in [0.25, 0.3) is 0 Å². The van der Waals surface area contributed by atoms with E-state index in [1.807, 2.05) is 0 Å². The molecular weight excluding hydrogens is 414 g/mol.